The van der Waals surface area contributed by atoms with E-state index in [1.54, 1.807) is 11.3 Å². The first-order valence-electron chi connectivity index (χ1n) is 8.05. The molecule has 1 aliphatic carbocycles. The second kappa shape index (κ2) is 6.48. The van der Waals surface area contributed by atoms with Crippen LogP contribution in [-0.2, 0) is 24.4 Å². The Balaban J connectivity index is 1.42. The second-order valence-corrected chi connectivity index (χ2v) is 7.42. The first-order chi connectivity index (χ1) is 10.9. The highest BCUT2D eigenvalue weighted by Gasteiger charge is 2.25. The van der Waals surface area contributed by atoms with E-state index >= 15 is 0 Å². The lowest BCUT2D eigenvalue weighted by Gasteiger charge is -2.22. The average molecular weight is 318 g/mol. The summed E-state index contributed by atoms with van der Waals surface area (Å²) in [6, 6.07) is 0. The molecular formula is C16H22N4OS. The number of ether oxygens (including phenoxy) is 1. The van der Waals surface area contributed by atoms with Crippen molar-refractivity contribution in [2.75, 3.05) is 19.8 Å². The van der Waals surface area contributed by atoms with Gasteiger partial charge >= 0.3 is 0 Å². The molecule has 6 heteroatoms. The van der Waals surface area contributed by atoms with Gasteiger partial charge in [-0.25, -0.2) is 9.97 Å². The molecule has 0 bridgehead atoms. The molecule has 0 spiro atoms. The Morgan fingerprint density at radius 1 is 1.14 bits per heavy atom. The minimum absolute atomic E-state index is 0.522. The maximum Gasteiger partial charge on any atom is 0.122 e. The zero-order valence-electron chi connectivity index (χ0n) is 12.7. The summed E-state index contributed by atoms with van der Waals surface area (Å²) in [4.78, 5) is 11.4. The summed E-state index contributed by atoms with van der Waals surface area (Å²) in [6.45, 7) is 5.65. The lowest BCUT2D eigenvalue weighted by Crippen LogP contribution is -2.30. The van der Waals surface area contributed by atoms with E-state index in [4.69, 9.17) is 4.74 Å². The van der Waals surface area contributed by atoms with Crippen LogP contribution < -0.4 is 0 Å². The molecule has 2 aliphatic rings. The van der Waals surface area contributed by atoms with E-state index in [1.807, 2.05) is 17.8 Å². The van der Waals surface area contributed by atoms with Crippen LogP contribution in [-0.4, -0.2) is 39.2 Å². The van der Waals surface area contributed by atoms with E-state index < -0.39 is 0 Å². The van der Waals surface area contributed by atoms with Crippen LogP contribution in [0.5, 0.6) is 0 Å². The number of fused-ring (bicyclic) bond motifs is 1. The lowest BCUT2D eigenvalue weighted by atomic mass is 10.1. The van der Waals surface area contributed by atoms with Gasteiger partial charge in [0.15, 0.2) is 0 Å². The lowest BCUT2D eigenvalue weighted by molar-refractivity contribution is 0.0705. The van der Waals surface area contributed by atoms with Gasteiger partial charge in [-0.05, 0) is 18.8 Å². The smallest absolute Gasteiger partial charge is 0.122 e. The van der Waals surface area contributed by atoms with Crippen molar-refractivity contribution in [3.63, 3.8) is 0 Å². The van der Waals surface area contributed by atoms with E-state index in [0.29, 0.717) is 5.92 Å². The molecule has 22 heavy (non-hydrogen) atoms. The molecule has 1 atom stereocenters. The summed E-state index contributed by atoms with van der Waals surface area (Å²) in [5.74, 6) is 2.51. The summed E-state index contributed by atoms with van der Waals surface area (Å²) in [6.07, 6.45) is 8.59. The molecular weight excluding hydrogens is 296 g/mol. The van der Waals surface area contributed by atoms with E-state index in [2.05, 4.69) is 25.6 Å². The highest BCUT2D eigenvalue weighted by molar-refractivity contribution is 7.09. The number of aromatic nitrogens is 3. The molecule has 2 aromatic rings. The number of imidazole rings is 1. The van der Waals surface area contributed by atoms with E-state index in [1.165, 1.54) is 17.8 Å². The predicted octanol–water partition coefficient (Wildman–Crippen LogP) is 2.40. The monoisotopic (exact) mass is 318 g/mol. The number of nitrogens with zero attached hydrogens (tertiary/aromatic N) is 4. The minimum atomic E-state index is 0.522. The molecule has 1 fully saturated rings. The van der Waals surface area contributed by atoms with Crippen molar-refractivity contribution in [3.05, 3.63) is 34.8 Å². The van der Waals surface area contributed by atoms with Crippen molar-refractivity contribution in [1.29, 1.82) is 0 Å². The van der Waals surface area contributed by atoms with Crippen molar-refractivity contribution < 1.29 is 4.74 Å². The topological polar surface area (TPSA) is 43.2 Å². The van der Waals surface area contributed by atoms with Gasteiger partial charge < -0.3 is 9.30 Å². The van der Waals surface area contributed by atoms with Crippen LogP contribution in [0.25, 0.3) is 0 Å². The summed E-state index contributed by atoms with van der Waals surface area (Å²) < 4.78 is 8.24. The highest BCUT2D eigenvalue weighted by atomic mass is 32.1. The normalized spacial score (nSPS) is 22.5. The van der Waals surface area contributed by atoms with Gasteiger partial charge in [-0.3, -0.25) is 4.90 Å². The summed E-state index contributed by atoms with van der Waals surface area (Å²) in [5, 5.41) is 3.22. The molecule has 5 nitrogen and oxygen atoms in total. The molecule has 0 saturated heterocycles. The quantitative estimate of drug-likeness (QED) is 0.820. The Labute approximate surface area is 134 Å². The van der Waals surface area contributed by atoms with Gasteiger partial charge in [-0.15, -0.1) is 11.3 Å². The third-order valence-electron chi connectivity index (χ3n) is 4.38. The van der Waals surface area contributed by atoms with Gasteiger partial charge in [-0.1, -0.05) is 0 Å². The zero-order chi connectivity index (χ0) is 14.8. The summed E-state index contributed by atoms with van der Waals surface area (Å²) in [5.41, 5.74) is 0. The van der Waals surface area contributed by atoms with Crippen LogP contribution in [0.3, 0.4) is 0 Å². The summed E-state index contributed by atoms with van der Waals surface area (Å²) in [7, 11) is 0. The third kappa shape index (κ3) is 3.56. The minimum Gasteiger partial charge on any atom is -0.381 e. The highest BCUT2D eigenvalue weighted by Crippen LogP contribution is 2.29. The van der Waals surface area contributed by atoms with Crippen molar-refractivity contribution >= 4 is 11.3 Å². The average Bonchev–Trinajstić information content (AvgIpc) is 3.06. The number of hydrogen-bond acceptors (Lipinski definition) is 5. The molecule has 1 aliphatic heterocycles. The van der Waals surface area contributed by atoms with E-state index in [-0.39, 0.29) is 0 Å². The third-order valence-corrected chi connectivity index (χ3v) is 5.15. The van der Waals surface area contributed by atoms with Crippen molar-refractivity contribution in [3.8, 4) is 0 Å². The van der Waals surface area contributed by atoms with E-state index in [0.717, 1.165) is 51.1 Å². The maximum atomic E-state index is 5.95. The standard InChI is InChI=1S/C16H22N4OS/c1-2-13(1)11-21-12-14-7-19(10-16-18-4-6-22-16)9-15-17-3-5-20(15)8-14/h3-6,13-14H,1-2,7-12H2/t14-/m0/s1. The van der Waals surface area contributed by atoms with Crippen LogP contribution in [0.4, 0.5) is 0 Å². The van der Waals surface area contributed by atoms with Crippen molar-refractivity contribution in [2.24, 2.45) is 11.8 Å². The Morgan fingerprint density at radius 3 is 2.86 bits per heavy atom. The fraction of sp³-hybridized carbons (Fsp3) is 0.625. The molecule has 1 saturated carbocycles. The fourth-order valence-electron chi connectivity index (χ4n) is 3.06. The van der Waals surface area contributed by atoms with Gasteiger partial charge in [0.25, 0.3) is 0 Å². The van der Waals surface area contributed by atoms with Crippen LogP contribution in [0.2, 0.25) is 0 Å². The molecule has 3 heterocycles. The van der Waals surface area contributed by atoms with Crippen LogP contribution in [0.15, 0.2) is 24.0 Å². The predicted molar refractivity (Wildman–Crippen MR) is 85.5 cm³/mol. The van der Waals surface area contributed by atoms with Crippen LogP contribution in [0, 0.1) is 11.8 Å². The molecule has 118 valence electrons. The summed E-state index contributed by atoms with van der Waals surface area (Å²) >= 11 is 1.73. The Bertz CT molecular complexity index is 593. The molecule has 4 rings (SSSR count). The van der Waals surface area contributed by atoms with Crippen molar-refractivity contribution in [2.45, 2.75) is 32.5 Å². The Morgan fingerprint density at radius 2 is 2.05 bits per heavy atom. The van der Waals surface area contributed by atoms with Crippen LogP contribution in [0.1, 0.15) is 23.7 Å². The number of rotatable bonds is 6. The molecule has 0 unspecified atom stereocenters. The number of thiazole rings is 1. The molecule has 0 amide bonds. The van der Waals surface area contributed by atoms with Gasteiger partial charge in [0, 0.05) is 49.6 Å². The zero-order valence-corrected chi connectivity index (χ0v) is 13.5. The van der Waals surface area contributed by atoms with E-state index in [9.17, 15) is 0 Å². The SMILES string of the molecule is c1csc(CN2Cc3nccn3C[C@@H](COCC3CC3)C2)n1. The van der Waals surface area contributed by atoms with Crippen molar-refractivity contribution in [1.82, 2.24) is 19.4 Å². The number of hydrogen-bond donors (Lipinski definition) is 0. The largest absolute Gasteiger partial charge is 0.381 e. The fourth-order valence-corrected chi connectivity index (χ4v) is 3.72. The maximum absolute atomic E-state index is 5.95. The Kier molecular flexibility index (Phi) is 4.23. The molecule has 0 aromatic carbocycles. The Hall–Kier alpha value is -1.24. The first kappa shape index (κ1) is 14.4. The second-order valence-electron chi connectivity index (χ2n) is 6.44. The van der Waals surface area contributed by atoms with Gasteiger partial charge in [-0.2, -0.15) is 0 Å². The molecule has 0 N–H and O–H groups in total. The van der Waals surface area contributed by atoms with Gasteiger partial charge in [0.05, 0.1) is 19.7 Å². The molecule has 0 radical (unpaired) electrons. The van der Waals surface area contributed by atoms with Gasteiger partial charge in [0.2, 0.25) is 0 Å². The van der Waals surface area contributed by atoms with Gasteiger partial charge in [0.1, 0.15) is 10.8 Å². The van der Waals surface area contributed by atoms with Crippen LogP contribution >= 0.6 is 11.3 Å². The molecule has 2 aromatic heterocycles. The first-order valence-corrected chi connectivity index (χ1v) is 8.93.